The van der Waals surface area contributed by atoms with Crippen molar-refractivity contribution >= 4 is 10.0 Å². The standard InChI is InChI=1S/C17H16F3NO4S/c1-11(12-3-2-4-13(9-12)17(18,19)20)21-26(22,23)14-5-6-15-16(10-14)25-8-7-24-15/h2-6,9-11,21H,7-8H2,1H3. The van der Waals surface area contributed by atoms with Gasteiger partial charge in [0.25, 0.3) is 0 Å². The molecule has 1 atom stereocenters. The molecule has 140 valence electrons. The minimum atomic E-state index is -4.50. The third-order valence-corrected chi connectivity index (χ3v) is 5.41. The summed E-state index contributed by atoms with van der Waals surface area (Å²) in [5.74, 6) is 0.756. The maximum Gasteiger partial charge on any atom is 0.416 e. The molecule has 9 heteroatoms. The van der Waals surface area contributed by atoms with Gasteiger partial charge in [-0.1, -0.05) is 12.1 Å². The topological polar surface area (TPSA) is 64.6 Å². The van der Waals surface area contributed by atoms with Crippen LogP contribution in [0.4, 0.5) is 13.2 Å². The third kappa shape index (κ3) is 3.94. The summed E-state index contributed by atoms with van der Waals surface area (Å²) in [6.07, 6.45) is -4.50. The Balaban J connectivity index is 1.83. The van der Waals surface area contributed by atoms with E-state index in [9.17, 15) is 21.6 Å². The zero-order valence-electron chi connectivity index (χ0n) is 13.7. The average molecular weight is 387 g/mol. The lowest BCUT2D eigenvalue weighted by Crippen LogP contribution is -2.27. The van der Waals surface area contributed by atoms with Crippen LogP contribution in [0.15, 0.2) is 47.4 Å². The maximum atomic E-state index is 12.8. The van der Waals surface area contributed by atoms with Gasteiger partial charge in [0.15, 0.2) is 11.5 Å². The lowest BCUT2D eigenvalue weighted by molar-refractivity contribution is -0.137. The Morgan fingerprint density at radius 1 is 1.04 bits per heavy atom. The largest absolute Gasteiger partial charge is 0.486 e. The van der Waals surface area contributed by atoms with Gasteiger partial charge in [-0.15, -0.1) is 0 Å². The zero-order valence-corrected chi connectivity index (χ0v) is 14.5. The molecule has 1 unspecified atom stereocenters. The van der Waals surface area contributed by atoms with Crippen LogP contribution in [0.3, 0.4) is 0 Å². The summed E-state index contributed by atoms with van der Waals surface area (Å²) < 4.78 is 76.7. The van der Waals surface area contributed by atoms with E-state index in [2.05, 4.69) is 4.72 Å². The van der Waals surface area contributed by atoms with Gasteiger partial charge >= 0.3 is 6.18 Å². The highest BCUT2D eigenvalue weighted by Crippen LogP contribution is 2.33. The van der Waals surface area contributed by atoms with Crippen LogP contribution in [-0.4, -0.2) is 21.6 Å². The molecule has 2 aromatic carbocycles. The van der Waals surface area contributed by atoms with Gasteiger partial charge in [-0.3, -0.25) is 0 Å². The number of benzene rings is 2. The number of halogens is 3. The van der Waals surface area contributed by atoms with E-state index >= 15 is 0 Å². The first kappa shape index (κ1) is 18.5. The lowest BCUT2D eigenvalue weighted by Gasteiger charge is -2.20. The highest BCUT2D eigenvalue weighted by molar-refractivity contribution is 7.89. The van der Waals surface area contributed by atoms with Crippen LogP contribution in [0.1, 0.15) is 24.1 Å². The molecular weight excluding hydrogens is 371 g/mol. The molecule has 0 saturated heterocycles. The molecule has 0 bridgehead atoms. The van der Waals surface area contributed by atoms with Crippen molar-refractivity contribution in [2.45, 2.75) is 24.0 Å². The second-order valence-electron chi connectivity index (χ2n) is 5.77. The molecule has 1 N–H and O–H groups in total. The minimum absolute atomic E-state index is 0.0550. The van der Waals surface area contributed by atoms with Crippen molar-refractivity contribution in [2.24, 2.45) is 0 Å². The monoisotopic (exact) mass is 387 g/mol. The van der Waals surface area contributed by atoms with Crippen molar-refractivity contribution in [3.05, 3.63) is 53.6 Å². The molecular formula is C17H16F3NO4S. The first-order chi connectivity index (χ1) is 12.2. The van der Waals surface area contributed by atoms with E-state index in [1.54, 1.807) is 0 Å². The van der Waals surface area contributed by atoms with Crippen LogP contribution < -0.4 is 14.2 Å². The van der Waals surface area contributed by atoms with Crippen LogP contribution in [0.2, 0.25) is 0 Å². The van der Waals surface area contributed by atoms with Gasteiger partial charge in [-0.25, -0.2) is 13.1 Å². The van der Waals surface area contributed by atoms with Crippen LogP contribution >= 0.6 is 0 Å². The summed E-state index contributed by atoms with van der Waals surface area (Å²) >= 11 is 0. The normalized spacial score (nSPS) is 15.5. The van der Waals surface area contributed by atoms with Gasteiger partial charge in [0.05, 0.1) is 10.5 Å². The molecule has 3 rings (SSSR count). The van der Waals surface area contributed by atoms with Crippen LogP contribution in [-0.2, 0) is 16.2 Å². The van der Waals surface area contributed by atoms with Crippen molar-refractivity contribution in [3.63, 3.8) is 0 Å². The van der Waals surface area contributed by atoms with Gasteiger partial charge in [0.2, 0.25) is 10.0 Å². The maximum absolute atomic E-state index is 12.8. The zero-order chi connectivity index (χ0) is 18.9. The molecule has 1 aliphatic heterocycles. The summed E-state index contributed by atoms with van der Waals surface area (Å²) in [6, 6.07) is 7.86. The van der Waals surface area contributed by atoms with E-state index < -0.39 is 27.8 Å². The molecule has 0 radical (unpaired) electrons. The van der Waals surface area contributed by atoms with Crippen molar-refractivity contribution in [2.75, 3.05) is 13.2 Å². The van der Waals surface area contributed by atoms with Gasteiger partial charge in [-0.05, 0) is 36.8 Å². The molecule has 0 aromatic heterocycles. The fourth-order valence-electron chi connectivity index (χ4n) is 2.54. The Labute approximate surface area is 148 Å². The molecule has 2 aromatic rings. The van der Waals surface area contributed by atoms with E-state index in [1.165, 1.54) is 37.3 Å². The summed E-state index contributed by atoms with van der Waals surface area (Å²) in [5.41, 5.74) is -0.624. The van der Waals surface area contributed by atoms with Crippen LogP contribution in [0.5, 0.6) is 11.5 Å². The highest BCUT2D eigenvalue weighted by Gasteiger charge is 2.31. The average Bonchev–Trinajstić information content (AvgIpc) is 2.60. The molecule has 0 spiro atoms. The number of rotatable bonds is 4. The molecule has 1 aliphatic rings. The second-order valence-corrected chi connectivity index (χ2v) is 7.49. The van der Waals surface area contributed by atoms with E-state index in [1.807, 2.05) is 0 Å². The predicted octanol–water partition coefficient (Wildman–Crippen LogP) is 3.52. The first-order valence-electron chi connectivity index (χ1n) is 7.76. The van der Waals surface area contributed by atoms with E-state index in [0.717, 1.165) is 12.1 Å². The van der Waals surface area contributed by atoms with Gasteiger partial charge < -0.3 is 9.47 Å². The van der Waals surface area contributed by atoms with Crippen molar-refractivity contribution in [1.82, 2.24) is 4.72 Å². The van der Waals surface area contributed by atoms with Crippen molar-refractivity contribution in [3.8, 4) is 11.5 Å². The summed E-state index contributed by atoms with van der Waals surface area (Å²) in [4.78, 5) is -0.0550. The van der Waals surface area contributed by atoms with Crippen LogP contribution in [0, 0.1) is 0 Å². The Morgan fingerprint density at radius 2 is 1.73 bits per heavy atom. The smallest absolute Gasteiger partial charge is 0.416 e. The molecule has 0 aliphatic carbocycles. The number of sulfonamides is 1. The highest BCUT2D eigenvalue weighted by atomic mass is 32.2. The van der Waals surface area contributed by atoms with Crippen LogP contribution in [0.25, 0.3) is 0 Å². The van der Waals surface area contributed by atoms with Crippen molar-refractivity contribution in [1.29, 1.82) is 0 Å². The Hall–Kier alpha value is -2.26. The minimum Gasteiger partial charge on any atom is -0.486 e. The molecule has 0 saturated carbocycles. The second kappa shape index (κ2) is 6.81. The Morgan fingerprint density at radius 3 is 2.42 bits per heavy atom. The first-order valence-corrected chi connectivity index (χ1v) is 9.24. The fraction of sp³-hybridized carbons (Fsp3) is 0.294. The third-order valence-electron chi connectivity index (χ3n) is 3.87. The van der Waals surface area contributed by atoms with Gasteiger partial charge in [0, 0.05) is 12.1 Å². The number of hydrogen-bond donors (Lipinski definition) is 1. The fourth-order valence-corrected chi connectivity index (χ4v) is 3.79. The number of ether oxygens (including phenoxy) is 2. The van der Waals surface area contributed by atoms with E-state index in [4.69, 9.17) is 9.47 Å². The molecule has 1 heterocycles. The van der Waals surface area contributed by atoms with E-state index in [-0.39, 0.29) is 10.5 Å². The quantitative estimate of drug-likeness (QED) is 0.872. The molecule has 5 nitrogen and oxygen atoms in total. The SMILES string of the molecule is CC(NS(=O)(=O)c1ccc2c(c1)OCCO2)c1cccc(C(F)(F)F)c1. The summed E-state index contributed by atoms with van der Waals surface area (Å²) in [7, 11) is -3.96. The summed E-state index contributed by atoms with van der Waals surface area (Å²) in [6.45, 7) is 2.17. The molecule has 0 amide bonds. The summed E-state index contributed by atoms with van der Waals surface area (Å²) in [5, 5.41) is 0. The predicted molar refractivity (Wildman–Crippen MR) is 87.6 cm³/mol. The van der Waals surface area contributed by atoms with Gasteiger partial charge in [0.1, 0.15) is 13.2 Å². The Bertz CT molecular complexity index is 912. The molecule has 0 fully saturated rings. The number of nitrogens with one attached hydrogen (secondary N) is 1. The number of hydrogen-bond acceptors (Lipinski definition) is 4. The van der Waals surface area contributed by atoms with Crippen molar-refractivity contribution < 1.29 is 31.1 Å². The lowest BCUT2D eigenvalue weighted by atomic mass is 10.1. The Kier molecular flexibility index (Phi) is 4.85. The van der Waals surface area contributed by atoms with Gasteiger partial charge in [-0.2, -0.15) is 13.2 Å². The number of alkyl halides is 3. The van der Waals surface area contributed by atoms with E-state index in [0.29, 0.717) is 24.7 Å². The number of fused-ring (bicyclic) bond motifs is 1. The molecule has 26 heavy (non-hydrogen) atoms.